The van der Waals surface area contributed by atoms with E-state index in [1.54, 1.807) is 6.20 Å². The van der Waals surface area contributed by atoms with Gasteiger partial charge in [-0.05, 0) is 25.6 Å². The first-order chi connectivity index (χ1) is 11.1. The van der Waals surface area contributed by atoms with Gasteiger partial charge in [0.05, 0.1) is 6.04 Å². The molecule has 0 aliphatic carbocycles. The van der Waals surface area contributed by atoms with Crippen LogP contribution in [0.4, 0.5) is 0 Å². The Bertz CT molecular complexity index is 654. The molecule has 1 saturated heterocycles. The van der Waals surface area contributed by atoms with E-state index in [2.05, 4.69) is 21.9 Å². The summed E-state index contributed by atoms with van der Waals surface area (Å²) >= 11 is 0. The molecule has 3 rings (SSSR count). The average Bonchev–Trinajstić information content (AvgIpc) is 3.00. The van der Waals surface area contributed by atoms with Gasteiger partial charge in [-0.15, -0.1) is 0 Å². The number of carbonyl (C=O) groups excluding carboxylic acids is 1. The fraction of sp³-hybridized carbons (Fsp3) is 0.471. The van der Waals surface area contributed by atoms with Crippen molar-refractivity contribution in [3.05, 3.63) is 48.3 Å². The van der Waals surface area contributed by atoms with Crippen LogP contribution in [0.5, 0.6) is 0 Å². The van der Waals surface area contributed by atoms with E-state index < -0.39 is 0 Å². The van der Waals surface area contributed by atoms with Crippen molar-refractivity contribution < 1.29 is 4.79 Å². The van der Waals surface area contributed by atoms with Crippen LogP contribution in [-0.2, 0) is 18.3 Å². The second-order valence-corrected chi connectivity index (χ2v) is 6.05. The molecule has 0 spiro atoms. The lowest BCUT2D eigenvalue weighted by atomic mass is 10.1. The SMILES string of the molecule is CN1CCN(C(=O)CCc2ccccn2)CC1c1nccn1C. The van der Waals surface area contributed by atoms with Gasteiger partial charge < -0.3 is 9.47 Å². The van der Waals surface area contributed by atoms with Gasteiger partial charge in [0.15, 0.2) is 0 Å². The number of amides is 1. The number of rotatable bonds is 4. The summed E-state index contributed by atoms with van der Waals surface area (Å²) in [6.45, 7) is 2.34. The van der Waals surface area contributed by atoms with E-state index in [1.807, 2.05) is 47.1 Å². The van der Waals surface area contributed by atoms with E-state index >= 15 is 0 Å². The molecule has 2 aromatic heterocycles. The molecule has 3 heterocycles. The minimum Gasteiger partial charge on any atom is -0.339 e. The Hall–Kier alpha value is -2.21. The maximum atomic E-state index is 12.5. The summed E-state index contributed by atoms with van der Waals surface area (Å²) in [5.74, 6) is 1.21. The first kappa shape index (κ1) is 15.7. The molecule has 0 bridgehead atoms. The summed E-state index contributed by atoms with van der Waals surface area (Å²) in [5.41, 5.74) is 0.968. The van der Waals surface area contributed by atoms with E-state index in [1.165, 1.54) is 0 Å². The standard InChI is InChI=1S/C17H23N5O/c1-20-11-12-22(13-15(20)17-19-9-10-21(17)2)16(23)7-6-14-5-3-4-8-18-14/h3-5,8-10,15H,6-7,11-13H2,1-2H3. The molecule has 1 aliphatic rings. The number of likely N-dealkylation sites (N-methyl/N-ethyl adjacent to an activating group) is 1. The number of hydrogen-bond donors (Lipinski definition) is 0. The normalized spacial score (nSPS) is 19.0. The first-order valence-corrected chi connectivity index (χ1v) is 8.00. The van der Waals surface area contributed by atoms with Crippen molar-refractivity contribution in [1.29, 1.82) is 0 Å². The fourth-order valence-corrected chi connectivity index (χ4v) is 3.02. The maximum Gasteiger partial charge on any atom is 0.223 e. The molecule has 2 aromatic rings. The molecule has 23 heavy (non-hydrogen) atoms. The molecule has 0 radical (unpaired) electrons. The minimum absolute atomic E-state index is 0.155. The molecule has 1 aliphatic heterocycles. The lowest BCUT2D eigenvalue weighted by Crippen LogP contribution is -2.49. The van der Waals surface area contributed by atoms with Gasteiger partial charge in [-0.25, -0.2) is 4.98 Å². The Kier molecular flexibility index (Phi) is 4.71. The molecule has 1 fully saturated rings. The Labute approximate surface area is 136 Å². The minimum atomic E-state index is 0.155. The van der Waals surface area contributed by atoms with Gasteiger partial charge in [0.2, 0.25) is 5.91 Å². The van der Waals surface area contributed by atoms with Crippen molar-refractivity contribution in [2.75, 3.05) is 26.7 Å². The molecule has 1 amide bonds. The third-order valence-electron chi connectivity index (χ3n) is 4.48. The summed E-state index contributed by atoms with van der Waals surface area (Å²) in [5, 5.41) is 0. The number of piperazine rings is 1. The summed E-state index contributed by atoms with van der Waals surface area (Å²) in [7, 11) is 4.09. The number of nitrogens with zero attached hydrogens (tertiary/aromatic N) is 5. The molecule has 1 unspecified atom stereocenters. The molecule has 6 heteroatoms. The molecule has 0 N–H and O–H groups in total. The van der Waals surface area contributed by atoms with E-state index in [0.29, 0.717) is 19.4 Å². The van der Waals surface area contributed by atoms with Crippen molar-refractivity contribution in [1.82, 2.24) is 24.3 Å². The van der Waals surface area contributed by atoms with E-state index in [0.717, 1.165) is 24.6 Å². The number of aryl methyl sites for hydroxylation is 2. The van der Waals surface area contributed by atoms with Gasteiger partial charge in [0.25, 0.3) is 0 Å². The van der Waals surface area contributed by atoms with Crippen LogP contribution in [0.3, 0.4) is 0 Å². The zero-order valence-electron chi connectivity index (χ0n) is 13.7. The van der Waals surface area contributed by atoms with E-state index in [9.17, 15) is 4.79 Å². The Balaban J connectivity index is 1.62. The predicted octanol–water partition coefficient (Wildman–Crippen LogP) is 1.26. The van der Waals surface area contributed by atoms with Gasteiger partial charge in [-0.2, -0.15) is 0 Å². The van der Waals surface area contributed by atoms with Gasteiger partial charge in [0.1, 0.15) is 5.82 Å². The largest absolute Gasteiger partial charge is 0.339 e. The van der Waals surface area contributed by atoms with Crippen molar-refractivity contribution >= 4 is 5.91 Å². The Morgan fingerprint density at radius 1 is 1.22 bits per heavy atom. The maximum absolute atomic E-state index is 12.5. The number of aromatic nitrogens is 3. The van der Waals surface area contributed by atoms with Gasteiger partial charge in [-0.1, -0.05) is 6.07 Å². The molecule has 122 valence electrons. The average molecular weight is 313 g/mol. The van der Waals surface area contributed by atoms with Crippen molar-refractivity contribution in [3.8, 4) is 0 Å². The molecular formula is C17H23N5O. The first-order valence-electron chi connectivity index (χ1n) is 8.00. The van der Waals surface area contributed by atoms with Crippen molar-refractivity contribution in [2.45, 2.75) is 18.9 Å². The second kappa shape index (κ2) is 6.91. The smallest absolute Gasteiger partial charge is 0.223 e. The third-order valence-corrected chi connectivity index (χ3v) is 4.48. The van der Waals surface area contributed by atoms with Crippen molar-refractivity contribution in [3.63, 3.8) is 0 Å². The Morgan fingerprint density at radius 2 is 2.09 bits per heavy atom. The van der Waals surface area contributed by atoms with Gasteiger partial charge in [0, 0.05) is 57.4 Å². The predicted molar refractivity (Wildman–Crippen MR) is 87.7 cm³/mol. The monoisotopic (exact) mass is 313 g/mol. The highest BCUT2D eigenvalue weighted by Crippen LogP contribution is 2.22. The van der Waals surface area contributed by atoms with E-state index in [4.69, 9.17) is 0 Å². The van der Waals surface area contributed by atoms with Crippen LogP contribution in [0.25, 0.3) is 0 Å². The highest BCUT2D eigenvalue weighted by molar-refractivity contribution is 5.76. The van der Waals surface area contributed by atoms with Gasteiger partial charge in [-0.3, -0.25) is 14.7 Å². The van der Waals surface area contributed by atoms with Crippen molar-refractivity contribution in [2.24, 2.45) is 7.05 Å². The van der Waals surface area contributed by atoms with Crippen LogP contribution < -0.4 is 0 Å². The van der Waals surface area contributed by atoms with Crippen LogP contribution >= 0.6 is 0 Å². The van der Waals surface area contributed by atoms with Crippen LogP contribution in [-0.4, -0.2) is 56.9 Å². The number of imidazole rings is 1. The lowest BCUT2D eigenvalue weighted by molar-refractivity contribution is -0.134. The Morgan fingerprint density at radius 3 is 2.78 bits per heavy atom. The molecular weight excluding hydrogens is 290 g/mol. The van der Waals surface area contributed by atoms with Crippen LogP contribution in [0, 0.1) is 0 Å². The summed E-state index contributed by atoms with van der Waals surface area (Å²) < 4.78 is 2.03. The number of carbonyl (C=O) groups is 1. The van der Waals surface area contributed by atoms with Crippen LogP contribution in [0.1, 0.15) is 24.0 Å². The summed E-state index contributed by atoms with van der Waals surface area (Å²) in [4.78, 5) is 25.5. The quantitative estimate of drug-likeness (QED) is 0.853. The zero-order valence-corrected chi connectivity index (χ0v) is 13.7. The lowest BCUT2D eigenvalue weighted by Gasteiger charge is -2.39. The number of hydrogen-bond acceptors (Lipinski definition) is 4. The zero-order chi connectivity index (χ0) is 16.2. The van der Waals surface area contributed by atoms with Crippen LogP contribution in [0.15, 0.2) is 36.8 Å². The van der Waals surface area contributed by atoms with Crippen LogP contribution in [0.2, 0.25) is 0 Å². The third kappa shape index (κ3) is 3.59. The topological polar surface area (TPSA) is 54.3 Å². The van der Waals surface area contributed by atoms with E-state index in [-0.39, 0.29) is 11.9 Å². The highest BCUT2D eigenvalue weighted by Gasteiger charge is 2.30. The molecule has 0 aromatic carbocycles. The van der Waals surface area contributed by atoms with Gasteiger partial charge >= 0.3 is 0 Å². The molecule has 1 atom stereocenters. The highest BCUT2D eigenvalue weighted by atomic mass is 16.2. The fourth-order valence-electron chi connectivity index (χ4n) is 3.02. The second-order valence-electron chi connectivity index (χ2n) is 6.05. The molecule has 0 saturated carbocycles. The molecule has 6 nitrogen and oxygen atoms in total. The summed E-state index contributed by atoms with van der Waals surface area (Å²) in [6, 6.07) is 5.97. The number of pyridine rings is 1. The summed E-state index contributed by atoms with van der Waals surface area (Å²) in [6.07, 6.45) is 6.73.